The summed E-state index contributed by atoms with van der Waals surface area (Å²) in [5.41, 5.74) is 0.661. The fourth-order valence-corrected chi connectivity index (χ4v) is 3.46. The third-order valence-electron chi connectivity index (χ3n) is 4.66. The molecule has 0 bridgehead atoms. The number of esters is 1. The van der Waals surface area contributed by atoms with Crippen LogP contribution in [0.3, 0.4) is 0 Å². The first-order valence-electron chi connectivity index (χ1n) is 9.41. The van der Waals surface area contributed by atoms with E-state index in [1.165, 1.54) is 12.7 Å². The average Bonchev–Trinajstić information content (AvgIpc) is 2.56. The van der Waals surface area contributed by atoms with E-state index in [1.54, 1.807) is 4.90 Å². The molecular formula is C21H31NO4. The van der Waals surface area contributed by atoms with Crippen molar-refractivity contribution >= 4 is 12.1 Å². The summed E-state index contributed by atoms with van der Waals surface area (Å²) in [6.45, 7) is 6.02. The summed E-state index contributed by atoms with van der Waals surface area (Å²) < 4.78 is 10.5. The normalized spacial score (nSPS) is 21.5. The Morgan fingerprint density at radius 3 is 2.46 bits per heavy atom. The van der Waals surface area contributed by atoms with E-state index in [4.69, 9.17) is 9.47 Å². The van der Waals surface area contributed by atoms with E-state index in [0.29, 0.717) is 18.9 Å². The van der Waals surface area contributed by atoms with Crippen LogP contribution in [0, 0.1) is 5.92 Å². The van der Waals surface area contributed by atoms with Gasteiger partial charge in [-0.3, -0.25) is 4.90 Å². The number of carbonyl (C=O) groups is 2. The van der Waals surface area contributed by atoms with Crippen molar-refractivity contribution in [3.63, 3.8) is 0 Å². The van der Waals surface area contributed by atoms with Gasteiger partial charge in [-0.05, 0) is 57.9 Å². The van der Waals surface area contributed by atoms with Crippen LogP contribution in [-0.2, 0) is 20.7 Å². The van der Waals surface area contributed by atoms with E-state index in [2.05, 4.69) is 12.1 Å². The third-order valence-corrected chi connectivity index (χ3v) is 4.66. The van der Waals surface area contributed by atoms with Crippen LogP contribution < -0.4 is 0 Å². The first-order valence-corrected chi connectivity index (χ1v) is 9.41. The maximum absolute atomic E-state index is 12.7. The number of hydrogen-bond acceptors (Lipinski definition) is 4. The molecule has 0 aromatic heterocycles. The topological polar surface area (TPSA) is 55.8 Å². The minimum Gasteiger partial charge on any atom is -0.467 e. The number of rotatable bonds is 3. The van der Waals surface area contributed by atoms with Gasteiger partial charge in [0.25, 0.3) is 0 Å². The Kier molecular flexibility index (Phi) is 7.06. The molecule has 1 heterocycles. The van der Waals surface area contributed by atoms with Crippen LogP contribution in [0.4, 0.5) is 4.79 Å². The summed E-state index contributed by atoms with van der Waals surface area (Å²) in [6.07, 6.45) is 4.00. The molecule has 1 saturated heterocycles. The molecule has 5 heteroatoms. The summed E-state index contributed by atoms with van der Waals surface area (Å²) in [4.78, 5) is 26.7. The van der Waals surface area contributed by atoms with Crippen molar-refractivity contribution in [1.29, 1.82) is 0 Å². The first kappa shape index (κ1) is 20.3. The third kappa shape index (κ3) is 6.04. The molecule has 1 aliphatic rings. The SMILES string of the molecule is COC(=O)[C@@H]1CC(Cc2ccccc2)CCCCN1C(=O)OC(C)(C)C. The smallest absolute Gasteiger partial charge is 0.411 e. The zero-order chi connectivity index (χ0) is 19.2. The first-order chi connectivity index (χ1) is 12.3. The summed E-state index contributed by atoms with van der Waals surface area (Å²) in [7, 11) is 1.38. The lowest BCUT2D eigenvalue weighted by atomic mass is 9.86. The zero-order valence-corrected chi connectivity index (χ0v) is 16.4. The van der Waals surface area contributed by atoms with Crippen molar-refractivity contribution in [2.24, 2.45) is 5.92 Å². The highest BCUT2D eigenvalue weighted by Crippen LogP contribution is 2.27. The van der Waals surface area contributed by atoms with Crippen LogP contribution in [-0.4, -0.2) is 42.3 Å². The zero-order valence-electron chi connectivity index (χ0n) is 16.4. The molecule has 1 aliphatic heterocycles. The number of amides is 1. The van der Waals surface area contributed by atoms with Gasteiger partial charge in [0.1, 0.15) is 11.6 Å². The molecule has 0 N–H and O–H groups in total. The number of likely N-dealkylation sites (tertiary alicyclic amines) is 1. The molecule has 1 unspecified atom stereocenters. The van der Waals surface area contributed by atoms with Gasteiger partial charge in [-0.1, -0.05) is 36.8 Å². The molecule has 1 amide bonds. The van der Waals surface area contributed by atoms with E-state index >= 15 is 0 Å². The van der Waals surface area contributed by atoms with Crippen molar-refractivity contribution in [2.75, 3.05) is 13.7 Å². The number of carbonyl (C=O) groups excluding carboxylic acids is 2. The molecule has 26 heavy (non-hydrogen) atoms. The molecule has 0 aliphatic carbocycles. The second-order valence-electron chi connectivity index (χ2n) is 8.00. The van der Waals surface area contributed by atoms with Crippen LogP contribution in [0.25, 0.3) is 0 Å². The highest BCUT2D eigenvalue weighted by Gasteiger charge is 2.36. The van der Waals surface area contributed by atoms with Crippen LogP contribution in [0.2, 0.25) is 0 Å². The maximum atomic E-state index is 12.7. The quantitative estimate of drug-likeness (QED) is 0.757. The molecule has 1 aromatic rings. The molecule has 0 saturated carbocycles. The molecule has 2 atom stereocenters. The summed E-state index contributed by atoms with van der Waals surface area (Å²) >= 11 is 0. The second kappa shape index (κ2) is 9.06. The van der Waals surface area contributed by atoms with Crippen LogP contribution >= 0.6 is 0 Å². The van der Waals surface area contributed by atoms with Gasteiger partial charge in [0.15, 0.2) is 0 Å². The lowest BCUT2D eigenvalue weighted by Gasteiger charge is -2.35. The minimum absolute atomic E-state index is 0.326. The van der Waals surface area contributed by atoms with Crippen LogP contribution in [0.15, 0.2) is 30.3 Å². The minimum atomic E-state index is -0.594. The molecule has 2 rings (SSSR count). The van der Waals surface area contributed by atoms with Crippen LogP contribution in [0.1, 0.15) is 52.0 Å². The lowest BCUT2D eigenvalue weighted by Crippen LogP contribution is -2.49. The summed E-state index contributed by atoms with van der Waals surface area (Å²) in [6, 6.07) is 9.69. The Bertz CT molecular complexity index is 594. The second-order valence-corrected chi connectivity index (χ2v) is 8.00. The summed E-state index contributed by atoms with van der Waals surface area (Å²) in [5, 5.41) is 0. The Labute approximate surface area is 156 Å². The highest BCUT2D eigenvalue weighted by atomic mass is 16.6. The van der Waals surface area contributed by atoms with Crippen molar-refractivity contribution < 1.29 is 19.1 Å². The van der Waals surface area contributed by atoms with Crippen molar-refractivity contribution in [1.82, 2.24) is 4.90 Å². The maximum Gasteiger partial charge on any atom is 0.411 e. The van der Waals surface area contributed by atoms with Crippen LogP contribution in [0.5, 0.6) is 0 Å². The van der Waals surface area contributed by atoms with Gasteiger partial charge in [-0.15, -0.1) is 0 Å². The predicted octanol–water partition coefficient (Wildman–Crippen LogP) is 4.20. The number of benzene rings is 1. The van der Waals surface area contributed by atoms with E-state index in [-0.39, 0.29) is 5.97 Å². The largest absolute Gasteiger partial charge is 0.467 e. The predicted molar refractivity (Wildman–Crippen MR) is 101 cm³/mol. The number of ether oxygens (including phenoxy) is 2. The van der Waals surface area contributed by atoms with Gasteiger partial charge in [-0.2, -0.15) is 0 Å². The highest BCUT2D eigenvalue weighted by molar-refractivity contribution is 5.81. The summed E-state index contributed by atoms with van der Waals surface area (Å²) in [5.74, 6) is -0.0393. The van der Waals surface area contributed by atoms with Crippen molar-refractivity contribution in [3.8, 4) is 0 Å². The van der Waals surface area contributed by atoms with Gasteiger partial charge < -0.3 is 9.47 Å². The monoisotopic (exact) mass is 361 g/mol. The van der Waals surface area contributed by atoms with E-state index in [1.807, 2.05) is 39.0 Å². The van der Waals surface area contributed by atoms with E-state index in [9.17, 15) is 9.59 Å². The Morgan fingerprint density at radius 2 is 1.85 bits per heavy atom. The number of methoxy groups -OCH3 is 1. The Morgan fingerprint density at radius 1 is 1.15 bits per heavy atom. The molecule has 5 nitrogen and oxygen atoms in total. The Hall–Kier alpha value is -2.04. The van der Waals surface area contributed by atoms with E-state index in [0.717, 1.165) is 25.7 Å². The van der Waals surface area contributed by atoms with Gasteiger partial charge in [0.05, 0.1) is 7.11 Å². The molecule has 1 fully saturated rings. The van der Waals surface area contributed by atoms with Crippen molar-refractivity contribution in [2.45, 2.75) is 64.5 Å². The standard InChI is InChI=1S/C21H31NO4/c1-21(2,3)26-20(24)22-13-9-8-12-17(15-18(22)19(23)25-4)14-16-10-6-5-7-11-16/h5-7,10-11,17-18H,8-9,12-15H2,1-4H3/t17?,18-/m0/s1. The van der Waals surface area contributed by atoms with E-state index < -0.39 is 17.7 Å². The number of nitrogens with zero attached hydrogens (tertiary/aromatic N) is 1. The molecule has 0 radical (unpaired) electrons. The fourth-order valence-electron chi connectivity index (χ4n) is 3.46. The van der Waals surface area contributed by atoms with Gasteiger partial charge in [-0.25, -0.2) is 9.59 Å². The average molecular weight is 361 g/mol. The van der Waals surface area contributed by atoms with Gasteiger partial charge >= 0.3 is 12.1 Å². The van der Waals surface area contributed by atoms with Gasteiger partial charge in [0, 0.05) is 6.54 Å². The molecule has 144 valence electrons. The number of hydrogen-bond donors (Lipinski definition) is 0. The van der Waals surface area contributed by atoms with Gasteiger partial charge in [0.2, 0.25) is 0 Å². The molecule has 1 aromatic carbocycles. The Balaban J connectivity index is 2.17. The fraction of sp³-hybridized carbons (Fsp3) is 0.619. The van der Waals surface area contributed by atoms with Crippen molar-refractivity contribution in [3.05, 3.63) is 35.9 Å². The molecular weight excluding hydrogens is 330 g/mol. The lowest BCUT2D eigenvalue weighted by molar-refractivity contribution is -0.147. The molecule has 0 spiro atoms.